The van der Waals surface area contributed by atoms with E-state index in [-0.39, 0.29) is 11.5 Å². The summed E-state index contributed by atoms with van der Waals surface area (Å²) < 4.78 is 0. The average Bonchev–Trinajstić information content (AvgIpc) is 2.91. The van der Waals surface area contributed by atoms with E-state index in [1.807, 2.05) is 11.4 Å². The number of rotatable bonds is 6. The molecule has 0 aliphatic carbocycles. The third-order valence-electron chi connectivity index (χ3n) is 2.48. The largest absolute Gasteiger partial charge is 0.364 e. The van der Waals surface area contributed by atoms with Gasteiger partial charge in [0.15, 0.2) is 0 Å². The van der Waals surface area contributed by atoms with Crippen LogP contribution >= 0.6 is 11.3 Å². The van der Waals surface area contributed by atoms with E-state index in [2.05, 4.69) is 26.0 Å². The van der Waals surface area contributed by atoms with E-state index in [0.717, 1.165) is 6.42 Å². The van der Waals surface area contributed by atoms with Gasteiger partial charge in [-0.2, -0.15) is 16.3 Å². The maximum absolute atomic E-state index is 10.9. The number of nitrogens with one attached hydrogen (secondary N) is 2. The Hall–Kier alpha value is -2.22. The molecule has 2 aromatic heterocycles. The van der Waals surface area contributed by atoms with Gasteiger partial charge in [-0.25, -0.2) is 4.98 Å². The molecule has 0 saturated heterocycles. The number of nitrogens with zero attached hydrogens (tertiary/aromatic N) is 3. The van der Waals surface area contributed by atoms with Gasteiger partial charge in [-0.3, -0.25) is 10.1 Å². The van der Waals surface area contributed by atoms with Crippen LogP contribution < -0.4 is 10.6 Å². The van der Waals surface area contributed by atoms with Crippen molar-refractivity contribution >= 4 is 28.8 Å². The molecule has 0 saturated carbocycles. The van der Waals surface area contributed by atoms with Gasteiger partial charge in [0.1, 0.15) is 6.20 Å². The highest BCUT2D eigenvalue weighted by Gasteiger charge is 2.16. The summed E-state index contributed by atoms with van der Waals surface area (Å²) in [5.41, 5.74) is 1.08. The molecule has 19 heavy (non-hydrogen) atoms. The SMILES string of the molecule is CNc1ncc([N+](=O)[O-])c(NCCc2ccsc2)n1. The molecule has 0 atom stereocenters. The molecule has 8 heteroatoms. The third-order valence-corrected chi connectivity index (χ3v) is 3.21. The van der Waals surface area contributed by atoms with Crippen molar-refractivity contribution in [2.24, 2.45) is 0 Å². The van der Waals surface area contributed by atoms with Gasteiger partial charge < -0.3 is 10.6 Å². The van der Waals surface area contributed by atoms with Gasteiger partial charge in [-0.15, -0.1) is 0 Å². The number of nitro groups is 1. The summed E-state index contributed by atoms with van der Waals surface area (Å²) in [6, 6.07) is 2.03. The summed E-state index contributed by atoms with van der Waals surface area (Å²) in [5, 5.41) is 20.7. The molecule has 2 rings (SSSR count). The summed E-state index contributed by atoms with van der Waals surface area (Å²) in [7, 11) is 1.66. The lowest BCUT2D eigenvalue weighted by atomic mass is 10.2. The number of anilines is 2. The molecule has 2 aromatic rings. The normalized spacial score (nSPS) is 10.2. The maximum atomic E-state index is 10.9. The summed E-state index contributed by atoms with van der Waals surface area (Å²) >= 11 is 1.63. The molecule has 0 spiro atoms. The molecule has 0 bridgehead atoms. The Balaban J connectivity index is 2.06. The Morgan fingerprint density at radius 1 is 1.53 bits per heavy atom. The van der Waals surface area contributed by atoms with Crippen molar-refractivity contribution in [3.63, 3.8) is 0 Å². The van der Waals surface area contributed by atoms with Gasteiger partial charge in [0.25, 0.3) is 0 Å². The molecule has 0 aliphatic rings. The monoisotopic (exact) mass is 279 g/mol. The van der Waals surface area contributed by atoms with Gasteiger partial charge in [0, 0.05) is 13.6 Å². The minimum atomic E-state index is -0.494. The van der Waals surface area contributed by atoms with Gasteiger partial charge in [0.05, 0.1) is 4.92 Å². The van der Waals surface area contributed by atoms with E-state index >= 15 is 0 Å². The summed E-state index contributed by atoms with van der Waals surface area (Å²) in [5.74, 6) is 0.586. The first-order valence-corrected chi connectivity index (χ1v) is 6.59. The summed E-state index contributed by atoms with van der Waals surface area (Å²) in [4.78, 5) is 18.3. The van der Waals surface area contributed by atoms with Crippen molar-refractivity contribution in [1.29, 1.82) is 0 Å². The first-order valence-electron chi connectivity index (χ1n) is 5.65. The molecule has 0 aliphatic heterocycles. The van der Waals surface area contributed by atoms with Crippen molar-refractivity contribution in [1.82, 2.24) is 9.97 Å². The van der Waals surface area contributed by atoms with Crippen LogP contribution in [0.4, 0.5) is 17.5 Å². The molecule has 0 unspecified atom stereocenters. The molecule has 2 N–H and O–H groups in total. The number of thiophene rings is 1. The van der Waals surface area contributed by atoms with E-state index < -0.39 is 4.92 Å². The highest BCUT2D eigenvalue weighted by Crippen LogP contribution is 2.21. The number of aromatic nitrogens is 2. The van der Waals surface area contributed by atoms with Gasteiger partial charge in [0.2, 0.25) is 11.8 Å². The van der Waals surface area contributed by atoms with Crippen molar-refractivity contribution in [2.75, 3.05) is 24.2 Å². The molecule has 0 radical (unpaired) electrons. The Bertz CT molecular complexity index is 558. The Labute approximate surface area is 113 Å². The zero-order valence-electron chi connectivity index (χ0n) is 10.3. The molecule has 100 valence electrons. The van der Waals surface area contributed by atoms with Crippen LogP contribution in [0.3, 0.4) is 0 Å². The minimum Gasteiger partial charge on any atom is -0.364 e. The summed E-state index contributed by atoms with van der Waals surface area (Å²) in [6.07, 6.45) is 1.99. The molecular weight excluding hydrogens is 266 g/mol. The second-order valence-corrected chi connectivity index (χ2v) is 4.52. The van der Waals surface area contributed by atoms with Crippen molar-refractivity contribution in [3.8, 4) is 0 Å². The van der Waals surface area contributed by atoms with Crippen LogP contribution in [0.5, 0.6) is 0 Å². The predicted octanol–water partition coefficient (Wildman–Crippen LogP) is 2.14. The number of hydrogen-bond acceptors (Lipinski definition) is 7. The van der Waals surface area contributed by atoms with E-state index in [9.17, 15) is 10.1 Å². The second-order valence-electron chi connectivity index (χ2n) is 3.74. The molecular formula is C11H13N5O2S. The molecule has 0 fully saturated rings. The topological polar surface area (TPSA) is 93.0 Å². The van der Waals surface area contributed by atoms with Crippen molar-refractivity contribution < 1.29 is 4.92 Å². The van der Waals surface area contributed by atoms with Crippen LogP contribution in [0.25, 0.3) is 0 Å². The van der Waals surface area contributed by atoms with E-state index in [1.165, 1.54) is 11.8 Å². The Morgan fingerprint density at radius 3 is 3.00 bits per heavy atom. The van der Waals surface area contributed by atoms with Crippen LogP contribution in [0.2, 0.25) is 0 Å². The predicted molar refractivity (Wildman–Crippen MR) is 74.7 cm³/mol. The highest BCUT2D eigenvalue weighted by molar-refractivity contribution is 7.07. The minimum absolute atomic E-state index is 0.121. The van der Waals surface area contributed by atoms with E-state index in [1.54, 1.807) is 18.4 Å². The molecule has 7 nitrogen and oxygen atoms in total. The van der Waals surface area contributed by atoms with Gasteiger partial charge in [-0.1, -0.05) is 0 Å². The third kappa shape index (κ3) is 3.38. The Morgan fingerprint density at radius 2 is 2.37 bits per heavy atom. The Kier molecular flexibility index (Phi) is 4.24. The van der Waals surface area contributed by atoms with Gasteiger partial charge in [-0.05, 0) is 28.8 Å². The van der Waals surface area contributed by atoms with Crippen LogP contribution in [0.15, 0.2) is 23.0 Å². The smallest absolute Gasteiger partial charge is 0.329 e. The first kappa shape index (κ1) is 13.2. The zero-order valence-corrected chi connectivity index (χ0v) is 11.1. The quantitative estimate of drug-likeness (QED) is 0.621. The fraction of sp³-hybridized carbons (Fsp3) is 0.273. The van der Waals surface area contributed by atoms with E-state index in [0.29, 0.717) is 12.5 Å². The van der Waals surface area contributed by atoms with Crippen molar-refractivity contribution in [2.45, 2.75) is 6.42 Å². The van der Waals surface area contributed by atoms with Crippen LogP contribution in [-0.2, 0) is 6.42 Å². The first-order chi connectivity index (χ1) is 9.20. The van der Waals surface area contributed by atoms with Crippen LogP contribution in [-0.4, -0.2) is 28.5 Å². The summed E-state index contributed by atoms with van der Waals surface area (Å²) in [6.45, 7) is 0.581. The maximum Gasteiger partial charge on any atom is 0.329 e. The van der Waals surface area contributed by atoms with Crippen LogP contribution in [0.1, 0.15) is 5.56 Å². The average molecular weight is 279 g/mol. The lowest BCUT2D eigenvalue weighted by molar-refractivity contribution is -0.384. The van der Waals surface area contributed by atoms with Crippen molar-refractivity contribution in [3.05, 3.63) is 38.7 Å². The van der Waals surface area contributed by atoms with Gasteiger partial charge >= 0.3 is 5.69 Å². The van der Waals surface area contributed by atoms with Crippen LogP contribution in [0, 0.1) is 10.1 Å². The fourth-order valence-corrected chi connectivity index (χ4v) is 2.22. The lowest BCUT2D eigenvalue weighted by Gasteiger charge is -2.06. The lowest BCUT2D eigenvalue weighted by Crippen LogP contribution is -2.10. The second kappa shape index (κ2) is 6.10. The number of hydrogen-bond donors (Lipinski definition) is 2. The highest BCUT2D eigenvalue weighted by atomic mass is 32.1. The standard InChI is InChI=1S/C11H13N5O2S/c1-12-11-14-6-9(16(17)18)10(15-11)13-4-2-8-3-5-19-7-8/h3,5-7H,2,4H2,1H3,(H2,12,13,14,15). The molecule has 0 amide bonds. The molecule has 0 aromatic carbocycles. The van der Waals surface area contributed by atoms with E-state index in [4.69, 9.17) is 0 Å². The molecule has 2 heterocycles. The fourth-order valence-electron chi connectivity index (χ4n) is 1.52. The zero-order chi connectivity index (χ0) is 13.7.